The number of hydrogen-bond acceptors (Lipinski definition) is 4. The standard InChI is InChI=1S/C22H20BrN5O2S/c1-30-14-7-5-13(6-8-14)21-25-26-22(31)28(21)12-19(29)27-10-9-18-16(11-27)15-3-2-4-17(23)20(15)24-18/h2-8,24H,9-12H2,1H3,(H,26,31). The van der Waals surface area contributed by atoms with Crippen molar-refractivity contribution in [3.05, 3.63) is 63.0 Å². The maximum absolute atomic E-state index is 13.2. The Kier molecular flexibility index (Phi) is 5.15. The number of fused-ring (bicyclic) bond motifs is 3. The molecule has 0 saturated carbocycles. The first-order valence-corrected chi connectivity index (χ1v) is 11.1. The van der Waals surface area contributed by atoms with Gasteiger partial charge in [0.15, 0.2) is 10.6 Å². The van der Waals surface area contributed by atoms with Gasteiger partial charge in [-0.3, -0.25) is 14.5 Å². The summed E-state index contributed by atoms with van der Waals surface area (Å²) in [5.41, 5.74) is 4.33. The van der Waals surface area contributed by atoms with Crippen LogP contribution in [0.5, 0.6) is 5.75 Å². The van der Waals surface area contributed by atoms with E-state index in [1.165, 1.54) is 11.3 Å². The van der Waals surface area contributed by atoms with Crippen molar-refractivity contribution in [3.63, 3.8) is 0 Å². The van der Waals surface area contributed by atoms with E-state index >= 15 is 0 Å². The van der Waals surface area contributed by atoms with E-state index < -0.39 is 0 Å². The number of aromatic nitrogens is 4. The Balaban J connectivity index is 1.40. The van der Waals surface area contributed by atoms with Crippen molar-refractivity contribution in [1.82, 2.24) is 24.6 Å². The third-order valence-corrected chi connectivity index (χ3v) is 6.68. The van der Waals surface area contributed by atoms with E-state index in [4.69, 9.17) is 17.0 Å². The van der Waals surface area contributed by atoms with Crippen molar-refractivity contribution in [3.8, 4) is 17.1 Å². The van der Waals surface area contributed by atoms with Gasteiger partial charge in [-0.1, -0.05) is 12.1 Å². The lowest BCUT2D eigenvalue weighted by molar-refractivity contribution is -0.132. The summed E-state index contributed by atoms with van der Waals surface area (Å²) in [6.07, 6.45) is 0.796. The number of para-hydroxylation sites is 1. The predicted octanol–water partition coefficient (Wildman–Crippen LogP) is 4.44. The van der Waals surface area contributed by atoms with Crippen molar-refractivity contribution in [1.29, 1.82) is 0 Å². The third kappa shape index (κ3) is 3.57. The molecule has 7 nitrogen and oxygen atoms in total. The Morgan fingerprint density at radius 3 is 2.84 bits per heavy atom. The normalized spacial score (nSPS) is 13.4. The van der Waals surface area contributed by atoms with Gasteiger partial charge >= 0.3 is 0 Å². The van der Waals surface area contributed by atoms with Gasteiger partial charge in [-0.05, 0) is 58.5 Å². The molecule has 1 amide bonds. The van der Waals surface area contributed by atoms with Crippen molar-refractivity contribution >= 4 is 45.0 Å². The van der Waals surface area contributed by atoms with Crippen molar-refractivity contribution in [2.45, 2.75) is 19.5 Å². The molecule has 0 atom stereocenters. The van der Waals surface area contributed by atoms with Gasteiger partial charge in [0.25, 0.3) is 0 Å². The van der Waals surface area contributed by atoms with E-state index in [0.717, 1.165) is 33.1 Å². The van der Waals surface area contributed by atoms with E-state index in [2.05, 4.69) is 37.2 Å². The van der Waals surface area contributed by atoms with Crippen LogP contribution in [0.2, 0.25) is 0 Å². The molecule has 0 spiro atoms. The molecule has 0 saturated heterocycles. The molecular weight excluding hydrogens is 478 g/mol. The van der Waals surface area contributed by atoms with Crippen LogP contribution in [0.25, 0.3) is 22.3 Å². The number of methoxy groups -OCH3 is 1. The molecule has 9 heteroatoms. The van der Waals surface area contributed by atoms with Crippen LogP contribution in [0.3, 0.4) is 0 Å². The minimum Gasteiger partial charge on any atom is -0.497 e. The fourth-order valence-corrected chi connectivity index (χ4v) is 4.74. The summed E-state index contributed by atoms with van der Waals surface area (Å²) < 4.78 is 8.43. The Labute approximate surface area is 192 Å². The number of amides is 1. The number of aromatic amines is 2. The van der Waals surface area contributed by atoms with Gasteiger partial charge in [0.2, 0.25) is 5.91 Å². The van der Waals surface area contributed by atoms with Gasteiger partial charge in [-0.25, -0.2) is 0 Å². The Bertz CT molecular complexity index is 1340. The number of halogens is 1. The van der Waals surface area contributed by atoms with Gasteiger partial charge in [-0.2, -0.15) is 5.10 Å². The van der Waals surface area contributed by atoms with Gasteiger partial charge in [0.05, 0.1) is 12.6 Å². The second kappa shape index (κ2) is 7.97. The van der Waals surface area contributed by atoms with Crippen LogP contribution in [0.15, 0.2) is 46.9 Å². The van der Waals surface area contributed by atoms with Crippen LogP contribution in [0.1, 0.15) is 11.3 Å². The molecule has 1 aliphatic heterocycles. The smallest absolute Gasteiger partial charge is 0.242 e. The summed E-state index contributed by atoms with van der Waals surface area (Å²) in [5.74, 6) is 1.41. The third-order valence-electron chi connectivity index (χ3n) is 5.71. The fourth-order valence-electron chi connectivity index (χ4n) is 4.08. The van der Waals surface area contributed by atoms with Crippen molar-refractivity contribution < 1.29 is 9.53 Å². The first-order valence-electron chi connectivity index (χ1n) is 9.90. The highest BCUT2D eigenvalue weighted by molar-refractivity contribution is 9.10. The highest BCUT2D eigenvalue weighted by Crippen LogP contribution is 2.32. The van der Waals surface area contributed by atoms with Gasteiger partial charge < -0.3 is 14.6 Å². The molecule has 0 aliphatic carbocycles. The molecule has 4 aromatic rings. The molecular formula is C22H20BrN5O2S. The lowest BCUT2D eigenvalue weighted by atomic mass is 10.0. The van der Waals surface area contributed by atoms with Crippen LogP contribution in [0, 0.1) is 4.77 Å². The van der Waals surface area contributed by atoms with Crippen LogP contribution >= 0.6 is 28.1 Å². The number of nitrogens with one attached hydrogen (secondary N) is 2. The molecule has 3 heterocycles. The Morgan fingerprint density at radius 2 is 2.06 bits per heavy atom. The van der Waals surface area contributed by atoms with Crippen LogP contribution in [-0.4, -0.2) is 44.2 Å². The number of H-pyrrole nitrogens is 2. The monoisotopic (exact) mass is 497 g/mol. The zero-order chi connectivity index (χ0) is 21.5. The maximum atomic E-state index is 13.2. The largest absolute Gasteiger partial charge is 0.497 e. The molecule has 1 aliphatic rings. The van der Waals surface area contributed by atoms with Crippen LogP contribution in [0.4, 0.5) is 0 Å². The number of rotatable bonds is 4. The van der Waals surface area contributed by atoms with Crippen molar-refractivity contribution in [2.24, 2.45) is 0 Å². The highest BCUT2D eigenvalue weighted by atomic mass is 79.9. The maximum Gasteiger partial charge on any atom is 0.242 e. The van der Waals surface area contributed by atoms with Crippen LogP contribution in [-0.2, 0) is 24.3 Å². The first-order chi connectivity index (χ1) is 15.0. The summed E-state index contributed by atoms with van der Waals surface area (Å²) in [5, 5.41) is 8.31. The molecule has 2 aromatic carbocycles. The van der Waals surface area contributed by atoms with Crippen molar-refractivity contribution in [2.75, 3.05) is 13.7 Å². The highest BCUT2D eigenvalue weighted by Gasteiger charge is 2.25. The average molecular weight is 498 g/mol. The number of carbonyl (C=O) groups excluding carboxylic acids is 1. The summed E-state index contributed by atoms with van der Waals surface area (Å²) in [6.45, 7) is 1.38. The van der Waals surface area contributed by atoms with E-state index in [0.29, 0.717) is 23.7 Å². The predicted molar refractivity (Wildman–Crippen MR) is 125 cm³/mol. The molecule has 0 radical (unpaired) electrons. The summed E-state index contributed by atoms with van der Waals surface area (Å²) in [4.78, 5) is 18.6. The van der Waals surface area contributed by atoms with Gasteiger partial charge in [0.1, 0.15) is 12.3 Å². The molecule has 2 N–H and O–H groups in total. The Hall–Kier alpha value is -2.91. The zero-order valence-electron chi connectivity index (χ0n) is 16.8. The van der Waals surface area contributed by atoms with E-state index in [9.17, 15) is 4.79 Å². The van der Waals surface area contributed by atoms with Gasteiger partial charge in [-0.15, -0.1) is 0 Å². The second-order valence-corrected chi connectivity index (χ2v) is 8.72. The molecule has 31 heavy (non-hydrogen) atoms. The SMILES string of the molecule is COc1ccc(-c2n[nH]c(=S)n2CC(=O)N2CCc3[nH]c4c(Br)cccc4c3C2)cc1. The topological polar surface area (TPSA) is 78.9 Å². The summed E-state index contributed by atoms with van der Waals surface area (Å²) in [7, 11) is 1.63. The van der Waals surface area contributed by atoms with Crippen LogP contribution < -0.4 is 4.74 Å². The molecule has 158 valence electrons. The number of benzene rings is 2. The molecule has 0 fully saturated rings. The molecule has 0 bridgehead atoms. The van der Waals surface area contributed by atoms with E-state index in [-0.39, 0.29) is 12.5 Å². The Morgan fingerprint density at radius 1 is 1.26 bits per heavy atom. The number of carbonyl (C=O) groups is 1. The quantitative estimate of drug-likeness (QED) is 0.408. The second-order valence-electron chi connectivity index (χ2n) is 7.48. The lowest BCUT2D eigenvalue weighted by Gasteiger charge is -2.27. The first kappa shape index (κ1) is 20.0. The number of nitrogens with zero attached hydrogens (tertiary/aromatic N) is 3. The van der Waals surface area contributed by atoms with E-state index in [1.54, 1.807) is 11.7 Å². The summed E-state index contributed by atoms with van der Waals surface area (Å²) in [6, 6.07) is 13.7. The lowest BCUT2D eigenvalue weighted by Crippen LogP contribution is -2.38. The fraction of sp³-hybridized carbons (Fsp3) is 0.227. The number of hydrogen-bond donors (Lipinski definition) is 2. The average Bonchev–Trinajstić information content (AvgIpc) is 3.35. The van der Waals surface area contributed by atoms with E-state index in [1.807, 2.05) is 41.3 Å². The number of ether oxygens (including phenoxy) is 1. The minimum atomic E-state index is 0.0160. The summed E-state index contributed by atoms with van der Waals surface area (Å²) >= 11 is 9.02. The van der Waals surface area contributed by atoms with Gasteiger partial charge in [0, 0.05) is 46.2 Å². The minimum absolute atomic E-state index is 0.0160. The molecule has 5 rings (SSSR count). The molecule has 2 aromatic heterocycles. The molecule has 0 unspecified atom stereocenters. The zero-order valence-corrected chi connectivity index (χ0v) is 19.2.